The molecule has 0 unspecified atom stereocenters. The third-order valence-electron chi connectivity index (χ3n) is 6.82. The number of fused-ring (bicyclic) bond motifs is 1. The van der Waals surface area contributed by atoms with Crippen LogP contribution in [0.2, 0.25) is 0 Å². The lowest BCUT2D eigenvalue weighted by molar-refractivity contribution is -0.179. The number of esters is 1. The van der Waals surface area contributed by atoms with E-state index < -0.39 is 47.4 Å². The Morgan fingerprint density at radius 3 is 2.50 bits per heavy atom. The van der Waals surface area contributed by atoms with Crippen molar-refractivity contribution in [3.63, 3.8) is 0 Å². The van der Waals surface area contributed by atoms with Gasteiger partial charge in [0, 0.05) is 19.6 Å². The molecule has 9 nitrogen and oxygen atoms in total. The van der Waals surface area contributed by atoms with Gasteiger partial charge in [0.2, 0.25) is 11.8 Å². The summed E-state index contributed by atoms with van der Waals surface area (Å²) in [5.74, 6) is -3.41. The largest absolute Gasteiger partial charge is 0.468 e. The lowest BCUT2D eigenvalue weighted by Gasteiger charge is -2.50. The van der Waals surface area contributed by atoms with E-state index >= 15 is 0 Å². The van der Waals surface area contributed by atoms with Gasteiger partial charge in [0.05, 0.1) is 31.6 Å². The molecule has 6 atom stereocenters. The van der Waals surface area contributed by atoms with E-state index in [9.17, 15) is 19.2 Å². The van der Waals surface area contributed by atoms with E-state index in [1.54, 1.807) is 17.9 Å². The second-order valence-electron chi connectivity index (χ2n) is 8.59. The van der Waals surface area contributed by atoms with E-state index in [4.69, 9.17) is 9.47 Å². The molecule has 0 spiro atoms. The molecular formula is C23H27N3O6. The van der Waals surface area contributed by atoms with Crippen LogP contribution in [0.5, 0.6) is 0 Å². The predicted octanol–water partition coefficient (Wildman–Crippen LogP) is 0.103. The third kappa shape index (κ3) is 3.15. The molecule has 0 radical (unpaired) electrons. The first-order valence-corrected chi connectivity index (χ1v) is 10.5. The Morgan fingerprint density at radius 1 is 1.19 bits per heavy atom. The van der Waals surface area contributed by atoms with E-state index in [1.165, 1.54) is 14.2 Å². The average molecular weight is 441 g/mol. The van der Waals surface area contributed by atoms with E-state index in [0.717, 1.165) is 10.5 Å². The van der Waals surface area contributed by atoms with Crippen molar-refractivity contribution in [1.29, 1.82) is 0 Å². The molecule has 0 aliphatic carbocycles. The lowest BCUT2D eigenvalue weighted by Crippen LogP contribution is -2.73. The number of methoxy groups -OCH3 is 1. The minimum atomic E-state index is -1.40. The van der Waals surface area contributed by atoms with Crippen LogP contribution in [0.3, 0.4) is 0 Å². The highest BCUT2D eigenvalue weighted by atomic mass is 16.5. The molecule has 1 N–H and O–H groups in total. The normalized spacial score (nSPS) is 33.8. The Hall–Kier alpha value is -3.04. The van der Waals surface area contributed by atoms with E-state index in [1.807, 2.05) is 30.3 Å². The minimum Gasteiger partial charge on any atom is -0.468 e. The fourth-order valence-electron chi connectivity index (χ4n) is 5.23. The van der Waals surface area contributed by atoms with Crippen LogP contribution in [0.4, 0.5) is 0 Å². The maximum atomic E-state index is 13.0. The number of benzene rings is 1. The molecule has 1 aromatic rings. The van der Waals surface area contributed by atoms with Crippen LogP contribution in [-0.4, -0.2) is 77.9 Å². The number of ether oxygens (including phenoxy) is 2. The molecule has 0 aromatic heterocycles. The molecule has 3 amide bonds. The quantitative estimate of drug-likeness (QED) is 0.277. The van der Waals surface area contributed by atoms with E-state index in [0.29, 0.717) is 0 Å². The Labute approximate surface area is 186 Å². The fraction of sp³-hybridized carbons (Fsp3) is 0.478. The molecule has 32 heavy (non-hydrogen) atoms. The highest BCUT2D eigenvalue weighted by molar-refractivity contribution is 6.09. The molecular weight excluding hydrogens is 414 g/mol. The number of rotatable bonds is 7. The number of amides is 3. The zero-order valence-corrected chi connectivity index (χ0v) is 18.3. The van der Waals surface area contributed by atoms with Crippen molar-refractivity contribution in [2.45, 2.75) is 37.3 Å². The molecule has 0 bridgehead atoms. The number of hydrogen-bond donors (Lipinski definition) is 1. The van der Waals surface area contributed by atoms with Crippen LogP contribution in [-0.2, 0) is 35.3 Å². The molecule has 0 saturated carbocycles. The zero-order valence-electron chi connectivity index (χ0n) is 18.3. The summed E-state index contributed by atoms with van der Waals surface area (Å²) in [5.41, 5.74) is -0.492. The van der Waals surface area contributed by atoms with Gasteiger partial charge in [0.25, 0.3) is 5.91 Å². The van der Waals surface area contributed by atoms with Crippen LogP contribution < -0.4 is 5.32 Å². The van der Waals surface area contributed by atoms with Crippen molar-refractivity contribution in [1.82, 2.24) is 15.1 Å². The summed E-state index contributed by atoms with van der Waals surface area (Å²) < 4.78 is 10.9. The van der Waals surface area contributed by atoms with Gasteiger partial charge < -0.3 is 14.4 Å². The summed E-state index contributed by atoms with van der Waals surface area (Å²) >= 11 is 0. The van der Waals surface area contributed by atoms with E-state index in [2.05, 4.69) is 11.9 Å². The lowest BCUT2D eigenvalue weighted by atomic mass is 9.78. The Bertz CT molecular complexity index is 966. The first-order valence-electron chi connectivity index (χ1n) is 10.5. The van der Waals surface area contributed by atoms with Crippen molar-refractivity contribution in [3.05, 3.63) is 48.6 Å². The molecule has 4 rings (SSSR count). The van der Waals surface area contributed by atoms with E-state index in [-0.39, 0.29) is 25.0 Å². The van der Waals surface area contributed by atoms with Crippen molar-refractivity contribution in [2.75, 3.05) is 20.7 Å². The van der Waals surface area contributed by atoms with Crippen molar-refractivity contribution < 1.29 is 28.7 Å². The summed E-state index contributed by atoms with van der Waals surface area (Å²) in [6.45, 7) is 5.76. The van der Waals surface area contributed by atoms with Gasteiger partial charge in [0.15, 0.2) is 6.10 Å². The summed E-state index contributed by atoms with van der Waals surface area (Å²) in [6, 6.07) is 8.23. The number of likely N-dealkylation sites (tertiary alicyclic amines) is 2. The summed E-state index contributed by atoms with van der Waals surface area (Å²) in [4.78, 5) is 54.1. The van der Waals surface area contributed by atoms with Gasteiger partial charge in [-0.15, -0.1) is 6.58 Å². The van der Waals surface area contributed by atoms with Crippen LogP contribution in [0, 0.1) is 11.8 Å². The summed E-state index contributed by atoms with van der Waals surface area (Å²) in [7, 11) is 2.65. The Kier molecular flexibility index (Phi) is 5.64. The zero-order chi connectivity index (χ0) is 23.2. The monoisotopic (exact) mass is 441 g/mol. The Balaban J connectivity index is 1.66. The number of β-lactam (4-membered cyclic amide) rings is 1. The third-order valence-corrected chi connectivity index (χ3v) is 6.82. The Morgan fingerprint density at radius 2 is 1.88 bits per heavy atom. The maximum Gasteiger partial charge on any atom is 0.326 e. The summed E-state index contributed by atoms with van der Waals surface area (Å²) in [5, 5.41) is 3.19. The second kappa shape index (κ2) is 8.14. The van der Waals surface area contributed by atoms with Crippen LogP contribution in [0.15, 0.2) is 43.0 Å². The number of hydrogen-bond acceptors (Lipinski definition) is 7. The first-order chi connectivity index (χ1) is 15.3. The fourth-order valence-corrected chi connectivity index (χ4v) is 5.23. The second-order valence-corrected chi connectivity index (χ2v) is 8.59. The standard InChI is InChI=1S/C23H27N3O6/c1-5-11-26-17(18(21(26)29)32-12-13-9-7-6-8-10-13)16-14-15(20(28)25(3)19(14)27)23(2,24-16)22(30)31-4/h5-10,14-18,24H,1,11-12H2,2-4H3/t14-,15-,16+,17+,18-,23-/m1/s1. The molecule has 3 heterocycles. The molecule has 3 aliphatic heterocycles. The van der Waals surface area contributed by atoms with Crippen molar-refractivity contribution in [2.24, 2.45) is 11.8 Å². The number of nitrogens with zero attached hydrogens (tertiary/aromatic N) is 2. The topological polar surface area (TPSA) is 105 Å². The van der Waals surface area contributed by atoms with Gasteiger partial charge in [-0.3, -0.25) is 29.4 Å². The number of imide groups is 1. The molecule has 1 aromatic carbocycles. The maximum absolute atomic E-state index is 13.0. The van der Waals surface area contributed by atoms with Gasteiger partial charge in [-0.2, -0.15) is 0 Å². The smallest absolute Gasteiger partial charge is 0.326 e. The first kappa shape index (κ1) is 22.2. The molecule has 3 aliphatic rings. The predicted molar refractivity (Wildman–Crippen MR) is 113 cm³/mol. The highest BCUT2D eigenvalue weighted by Gasteiger charge is 2.70. The number of nitrogens with one attached hydrogen (secondary N) is 1. The van der Waals surface area contributed by atoms with Gasteiger partial charge in [-0.05, 0) is 12.5 Å². The molecule has 3 fully saturated rings. The molecule has 9 heteroatoms. The molecule has 3 saturated heterocycles. The summed E-state index contributed by atoms with van der Waals surface area (Å²) in [6.07, 6.45) is 0.778. The van der Waals surface area contributed by atoms with Crippen LogP contribution in [0.1, 0.15) is 12.5 Å². The van der Waals surface area contributed by atoms with Gasteiger partial charge in [-0.1, -0.05) is 36.4 Å². The minimum absolute atomic E-state index is 0.220. The van der Waals surface area contributed by atoms with Crippen LogP contribution in [0.25, 0.3) is 0 Å². The number of carbonyl (C=O) groups excluding carboxylic acids is 4. The van der Waals surface area contributed by atoms with Crippen molar-refractivity contribution in [3.8, 4) is 0 Å². The van der Waals surface area contributed by atoms with Gasteiger partial charge in [0.1, 0.15) is 5.54 Å². The average Bonchev–Trinajstić information content (AvgIpc) is 3.23. The van der Waals surface area contributed by atoms with Crippen molar-refractivity contribution >= 4 is 23.7 Å². The SMILES string of the molecule is C=CCN1C(=O)[C@H](OCc2ccccc2)[C@@H]1[C@H]1N[C@@](C)(C(=O)OC)[C@H]2C(=O)N(C)C(=O)[C@@H]12. The van der Waals surface area contributed by atoms with Gasteiger partial charge in [-0.25, -0.2) is 0 Å². The highest BCUT2D eigenvalue weighted by Crippen LogP contribution is 2.46. The number of carbonyl (C=O) groups is 4. The van der Waals surface area contributed by atoms with Gasteiger partial charge >= 0.3 is 5.97 Å². The molecule has 170 valence electrons. The van der Waals surface area contributed by atoms with Crippen LogP contribution >= 0.6 is 0 Å².